The Balaban J connectivity index is 2.75. The van der Waals surface area contributed by atoms with Crippen LogP contribution in [0.4, 0.5) is 0 Å². The fourth-order valence-electron chi connectivity index (χ4n) is 1.75. The van der Waals surface area contributed by atoms with E-state index >= 15 is 0 Å². The molecule has 0 fully saturated rings. The number of pyridine rings is 1. The average Bonchev–Trinajstić information content (AvgIpc) is 2.39. The number of ether oxygens (including phenoxy) is 1. The number of aromatic nitrogens is 1. The molecule has 1 heterocycles. The summed E-state index contributed by atoms with van der Waals surface area (Å²) in [6.45, 7) is 5.76. The zero-order valence-electron chi connectivity index (χ0n) is 13.3. The van der Waals surface area contributed by atoms with Crippen molar-refractivity contribution in [3.63, 3.8) is 0 Å². The summed E-state index contributed by atoms with van der Waals surface area (Å²) in [6, 6.07) is 1.80. The van der Waals surface area contributed by atoms with E-state index in [0.717, 1.165) is 0 Å². The van der Waals surface area contributed by atoms with Gasteiger partial charge < -0.3 is 19.7 Å². The van der Waals surface area contributed by atoms with Crippen LogP contribution in [0.5, 0.6) is 0 Å². The third-order valence-electron chi connectivity index (χ3n) is 2.91. The Bertz CT molecular complexity index is 601. The molecule has 0 bridgehead atoms. The molecule has 7 nitrogen and oxygen atoms in total. The lowest BCUT2D eigenvalue weighted by molar-refractivity contribution is -0.140. The molecule has 2 N–H and O–H groups in total. The number of rotatable bonds is 6. The number of hydrogen-bond acceptors (Lipinski definition) is 4. The van der Waals surface area contributed by atoms with Crippen molar-refractivity contribution in [2.24, 2.45) is 7.05 Å². The van der Waals surface area contributed by atoms with Crippen molar-refractivity contribution in [1.29, 1.82) is 0 Å². The first kappa shape index (κ1) is 17.9. The molecule has 22 heavy (non-hydrogen) atoms. The minimum atomic E-state index is -1.17. The van der Waals surface area contributed by atoms with Crippen molar-refractivity contribution in [2.45, 2.75) is 38.8 Å². The lowest BCUT2D eigenvalue weighted by Crippen LogP contribution is -2.44. The van der Waals surface area contributed by atoms with Gasteiger partial charge in [0.05, 0.1) is 5.60 Å². The highest BCUT2D eigenvalue weighted by atomic mass is 16.5. The predicted molar refractivity (Wildman–Crippen MR) is 80.9 cm³/mol. The molecular weight excluding hydrogens is 288 g/mol. The maximum Gasteiger partial charge on any atom is 0.326 e. The van der Waals surface area contributed by atoms with Crippen molar-refractivity contribution >= 4 is 11.9 Å². The predicted octanol–water partition coefficient (Wildman–Crippen LogP) is 0.773. The highest BCUT2D eigenvalue weighted by molar-refractivity contribution is 5.96. The van der Waals surface area contributed by atoms with Gasteiger partial charge >= 0.3 is 5.97 Å². The molecule has 1 aromatic rings. The van der Waals surface area contributed by atoms with E-state index in [0.29, 0.717) is 0 Å². The highest BCUT2D eigenvalue weighted by Gasteiger charge is 2.23. The van der Waals surface area contributed by atoms with Crippen molar-refractivity contribution in [3.05, 3.63) is 34.2 Å². The van der Waals surface area contributed by atoms with Crippen LogP contribution in [-0.4, -0.2) is 39.8 Å². The molecular formula is C15H22N2O5. The molecule has 1 amide bonds. The maximum absolute atomic E-state index is 12.1. The standard InChI is InChI=1S/C15H22N2O5/c1-15(2,3)22-9-7-11(14(20)21)16-12(18)10-6-5-8-17(4)13(10)19/h5-6,8,11H,7,9H2,1-4H3,(H,16,18)(H,20,21). The first-order chi connectivity index (χ1) is 10.1. The first-order valence-electron chi connectivity index (χ1n) is 6.95. The van der Waals surface area contributed by atoms with Gasteiger partial charge in [-0.25, -0.2) is 4.79 Å². The Morgan fingerprint density at radius 2 is 2.05 bits per heavy atom. The van der Waals surface area contributed by atoms with Gasteiger partial charge in [-0.2, -0.15) is 0 Å². The van der Waals surface area contributed by atoms with Gasteiger partial charge in [0.2, 0.25) is 0 Å². The average molecular weight is 310 g/mol. The van der Waals surface area contributed by atoms with Crippen molar-refractivity contribution < 1.29 is 19.4 Å². The largest absolute Gasteiger partial charge is 0.480 e. The molecule has 0 aliphatic heterocycles. The smallest absolute Gasteiger partial charge is 0.326 e. The van der Waals surface area contributed by atoms with Gasteiger partial charge in [0.25, 0.3) is 11.5 Å². The summed E-state index contributed by atoms with van der Waals surface area (Å²) in [5.41, 5.74) is -0.953. The number of carbonyl (C=O) groups is 2. The Morgan fingerprint density at radius 1 is 1.41 bits per heavy atom. The van der Waals surface area contributed by atoms with Crippen molar-refractivity contribution in [3.8, 4) is 0 Å². The highest BCUT2D eigenvalue weighted by Crippen LogP contribution is 2.08. The SMILES string of the molecule is Cn1cccc(C(=O)NC(CCOC(C)(C)C)C(=O)O)c1=O. The van der Waals surface area contributed by atoms with Crippen LogP contribution in [0.25, 0.3) is 0 Å². The van der Waals surface area contributed by atoms with Gasteiger partial charge in [0.15, 0.2) is 0 Å². The summed E-state index contributed by atoms with van der Waals surface area (Å²) in [6.07, 6.45) is 1.64. The quantitative estimate of drug-likeness (QED) is 0.809. The van der Waals surface area contributed by atoms with E-state index in [4.69, 9.17) is 9.84 Å². The summed E-state index contributed by atoms with van der Waals surface area (Å²) < 4.78 is 6.72. The molecule has 1 atom stereocenters. The molecule has 0 aliphatic rings. The molecule has 1 rings (SSSR count). The summed E-state index contributed by atoms with van der Waals surface area (Å²) in [5, 5.41) is 11.5. The van der Waals surface area contributed by atoms with E-state index in [-0.39, 0.29) is 24.2 Å². The number of carboxylic acids is 1. The number of carboxylic acid groups (broad SMARTS) is 1. The van der Waals surface area contributed by atoms with E-state index in [9.17, 15) is 14.4 Å². The molecule has 0 spiro atoms. The topological polar surface area (TPSA) is 97.6 Å². The van der Waals surface area contributed by atoms with E-state index in [1.807, 2.05) is 20.8 Å². The third-order valence-corrected chi connectivity index (χ3v) is 2.91. The van der Waals surface area contributed by atoms with E-state index in [1.54, 1.807) is 6.07 Å². The molecule has 1 aromatic heterocycles. The van der Waals surface area contributed by atoms with Crippen LogP contribution in [0.3, 0.4) is 0 Å². The number of amides is 1. The normalized spacial score (nSPS) is 12.7. The minimum Gasteiger partial charge on any atom is -0.480 e. The van der Waals surface area contributed by atoms with Crippen LogP contribution in [0.1, 0.15) is 37.6 Å². The monoisotopic (exact) mass is 310 g/mol. The fraction of sp³-hybridized carbons (Fsp3) is 0.533. The lowest BCUT2D eigenvalue weighted by atomic mass is 10.1. The summed E-state index contributed by atoms with van der Waals surface area (Å²) >= 11 is 0. The van der Waals surface area contributed by atoms with Crippen LogP contribution < -0.4 is 10.9 Å². The summed E-state index contributed by atoms with van der Waals surface area (Å²) in [5.74, 6) is -1.87. The number of nitrogens with zero attached hydrogens (tertiary/aromatic N) is 1. The number of aryl methyl sites for hydroxylation is 1. The molecule has 0 radical (unpaired) electrons. The van der Waals surface area contributed by atoms with Gasteiger partial charge in [0.1, 0.15) is 11.6 Å². The molecule has 122 valence electrons. The van der Waals surface area contributed by atoms with E-state index in [1.165, 1.54) is 23.9 Å². The third kappa shape index (κ3) is 5.33. The summed E-state index contributed by atoms with van der Waals surface area (Å²) in [7, 11) is 1.52. The Hall–Kier alpha value is -2.15. The van der Waals surface area contributed by atoms with Crippen molar-refractivity contribution in [1.82, 2.24) is 9.88 Å². The van der Waals surface area contributed by atoms with Gasteiger partial charge in [-0.1, -0.05) is 0 Å². The van der Waals surface area contributed by atoms with E-state index < -0.39 is 23.5 Å². The zero-order chi connectivity index (χ0) is 16.9. The molecule has 1 unspecified atom stereocenters. The maximum atomic E-state index is 12.1. The van der Waals surface area contributed by atoms with Crippen LogP contribution >= 0.6 is 0 Å². The van der Waals surface area contributed by atoms with Gasteiger partial charge in [-0.05, 0) is 32.9 Å². The first-order valence-corrected chi connectivity index (χ1v) is 6.95. The number of nitrogens with one attached hydrogen (secondary N) is 1. The van der Waals surface area contributed by atoms with Crippen LogP contribution in [-0.2, 0) is 16.6 Å². The Morgan fingerprint density at radius 3 is 2.59 bits per heavy atom. The molecule has 0 saturated carbocycles. The van der Waals surface area contributed by atoms with Crippen LogP contribution in [0.15, 0.2) is 23.1 Å². The van der Waals surface area contributed by atoms with Crippen molar-refractivity contribution in [2.75, 3.05) is 6.61 Å². The van der Waals surface area contributed by atoms with Crippen LogP contribution in [0, 0.1) is 0 Å². The molecule has 7 heteroatoms. The van der Waals surface area contributed by atoms with Gasteiger partial charge in [-0.3, -0.25) is 9.59 Å². The summed E-state index contributed by atoms with van der Waals surface area (Å²) in [4.78, 5) is 35.1. The van der Waals surface area contributed by atoms with Crippen LogP contribution in [0.2, 0.25) is 0 Å². The lowest BCUT2D eigenvalue weighted by Gasteiger charge is -2.21. The zero-order valence-corrected chi connectivity index (χ0v) is 13.3. The number of aliphatic carboxylic acids is 1. The fourth-order valence-corrected chi connectivity index (χ4v) is 1.75. The second-order valence-electron chi connectivity index (χ2n) is 5.95. The minimum absolute atomic E-state index is 0.0898. The second kappa shape index (κ2) is 7.22. The molecule has 0 saturated heterocycles. The molecule has 0 aromatic carbocycles. The molecule has 0 aliphatic carbocycles. The Kier molecular flexibility index (Phi) is 5.87. The second-order valence-corrected chi connectivity index (χ2v) is 5.95. The van der Waals surface area contributed by atoms with Gasteiger partial charge in [0, 0.05) is 26.3 Å². The van der Waals surface area contributed by atoms with Gasteiger partial charge in [-0.15, -0.1) is 0 Å². The number of hydrogen-bond donors (Lipinski definition) is 2. The Labute approximate surface area is 128 Å². The number of carbonyl (C=O) groups excluding carboxylic acids is 1. The van der Waals surface area contributed by atoms with E-state index in [2.05, 4.69) is 5.32 Å².